The number of hydrogen-bond donors (Lipinski definition) is 0. The highest BCUT2D eigenvalue weighted by Gasteiger charge is 2.33. The van der Waals surface area contributed by atoms with Crippen LogP contribution in [0.3, 0.4) is 0 Å². The number of tetrazole rings is 1. The van der Waals surface area contributed by atoms with Gasteiger partial charge in [-0.05, 0) is 41.0 Å². The molecule has 7 heteroatoms. The fourth-order valence-corrected chi connectivity index (χ4v) is 3.55. The number of carbonyl (C=O) groups excluding carboxylic acids is 1. The van der Waals surface area contributed by atoms with Crippen molar-refractivity contribution in [3.63, 3.8) is 0 Å². The van der Waals surface area contributed by atoms with E-state index in [1.165, 1.54) is 18.2 Å². The molecule has 3 atom stereocenters. The highest BCUT2D eigenvalue weighted by atomic mass is 32.2. The zero-order chi connectivity index (χ0) is 15.4. The van der Waals surface area contributed by atoms with Gasteiger partial charge in [0.15, 0.2) is 0 Å². The third-order valence-electron chi connectivity index (χ3n) is 4.14. The molecule has 0 saturated heterocycles. The van der Waals surface area contributed by atoms with Gasteiger partial charge in [-0.1, -0.05) is 39.0 Å². The molecule has 1 saturated carbocycles. The fraction of sp³-hybridized carbons (Fsp3) is 0.857. The van der Waals surface area contributed by atoms with Crippen LogP contribution in [0.1, 0.15) is 40.0 Å². The number of carbonyl (C=O) groups is 1. The van der Waals surface area contributed by atoms with E-state index in [1.54, 1.807) is 11.7 Å². The van der Waals surface area contributed by atoms with Gasteiger partial charge in [0.05, 0.1) is 5.75 Å². The molecule has 1 aliphatic carbocycles. The summed E-state index contributed by atoms with van der Waals surface area (Å²) in [5.41, 5.74) is 0. The quantitative estimate of drug-likeness (QED) is 0.614. The molecular weight excluding hydrogens is 288 g/mol. The molecule has 1 fully saturated rings. The van der Waals surface area contributed by atoms with Crippen LogP contribution in [-0.2, 0) is 16.6 Å². The number of thioether (sulfide) groups is 1. The van der Waals surface area contributed by atoms with Gasteiger partial charge in [-0.3, -0.25) is 4.79 Å². The molecule has 0 aliphatic heterocycles. The Balaban J connectivity index is 1.86. The van der Waals surface area contributed by atoms with Crippen molar-refractivity contribution in [1.29, 1.82) is 0 Å². The molecule has 1 aromatic heterocycles. The Hall–Kier alpha value is -1.11. The average Bonchev–Trinajstić information content (AvgIpc) is 2.81. The molecule has 0 N–H and O–H groups in total. The molecule has 21 heavy (non-hydrogen) atoms. The van der Waals surface area contributed by atoms with E-state index in [0.29, 0.717) is 22.9 Å². The maximum atomic E-state index is 12.1. The van der Waals surface area contributed by atoms with Crippen LogP contribution in [-0.4, -0.2) is 38.0 Å². The maximum absolute atomic E-state index is 12.1. The second-order valence-electron chi connectivity index (χ2n) is 6.23. The van der Waals surface area contributed by atoms with Gasteiger partial charge >= 0.3 is 5.97 Å². The van der Waals surface area contributed by atoms with Crippen molar-refractivity contribution in [3.8, 4) is 0 Å². The van der Waals surface area contributed by atoms with Crippen LogP contribution in [0.2, 0.25) is 0 Å². The van der Waals surface area contributed by atoms with Crippen molar-refractivity contribution >= 4 is 17.7 Å². The summed E-state index contributed by atoms with van der Waals surface area (Å²) in [7, 11) is 1.76. The third kappa shape index (κ3) is 4.43. The standard InChI is InChI=1S/C14H24N4O2S/c1-9(2)11-6-5-10(3)7-12(11)20-13(19)8-21-14-15-16-17-18(14)4/h9-12H,5-8H2,1-4H3/t10-,11+,12+/m1/s1. The number of rotatable bonds is 5. The van der Waals surface area contributed by atoms with Gasteiger partial charge in [-0.25, -0.2) is 4.68 Å². The molecule has 6 nitrogen and oxygen atoms in total. The molecule has 2 rings (SSSR count). The Morgan fingerprint density at radius 2 is 2.24 bits per heavy atom. The monoisotopic (exact) mass is 312 g/mol. The lowest BCUT2D eigenvalue weighted by molar-refractivity contribution is -0.152. The van der Waals surface area contributed by atoms with Crippen LogP contribution in [0, 0.1) is 17.8 Å². The van der Waals surface area contributed by atoms with Crippen molar-refractivity contribution in [1.82, 2.24) is 20.2 Å². The minimum Gasteiger partial charge on any atom is -0.461 e. The number of nitrogens with zero attached hydrogens (tertiary/aromatic N) is 4. The number of aryl methyl sites for hydroxylation is 1. The third-order valence-corrected chi connectivity index (χ3v) is 5.13. The predicted octanol–water partition coefficient (Wildman–Crippen LogP) is 2.31. The van der Waals surface area contributed by atoms with Gasteiger partial charge in [0, 0.05) is 7.05 Å². The Morgan fingerprint density at radius 1 is 1.48 bits per heavy atom. The van der Waals surface area contributed by atoms with Crippen LogP contribution in [0.4, 0.5) is 0 Å². The van der Waals surface area contributed by atoms with Crippen LogP contribution in [0.15, 0.2) is 5.16 Å². The smallest absolute Gasteiger partial charge is 0.316 e. The lowest BCUT2D eigenvalue weighted by atomic mass is 9.75. The van der Waals surface area contributed by atoms with Gasteiger partial charge in [0.1, 0.15) is 6.10 Å². The summed E-state index contributed by atoms with van der Waals surface area (Å²) in [5.74, 6) is 1.74. The van der Waals surface area contributed by atoms with E-state index < -0.39 is 0 Å². The molecule has 0 radical (unpaired) electrons. The fourth-order valence-electron chi connectivity index (χ4n) is 2.92. The summed E-state index contributed by atoms with van der Waals surface area (Å²) in [5, 5.41) is 11.8. The number of esters is 1. The molecule has 0 bridgehead atoms. The molecule has 0 aromatic carbocycles. The Bertz CT molecular complexity index is 477. The second-order valence-corrected chi connectivity index (χ2v) is 7.17. The van der Waals surface area contributed by atoms with Gasteiger partial charge in [-0.15, -0.1) is 5.10 Å². The minimum atomic E-state index is -0.173. The summed E-state index contributed by atoms with van der Waals surface area (Å²) in [6.07, 6.45) is 3.41. The molecule has 118 valence electrons. The van der Waals surface area contributed by atoms with E-state index in [1.807, 2.05) is 0 Å². The van der Waals surface area contributed by atoms with Crippen molar-refractivity contribution in [2.24, 2.45) is 24.8 Å². The highest BCUT2D eigenvalue weighted by molar-refractivity contribution is 7.99. The first-order chi connectivity index (χ1) is 9.97. The van der Waals surface area contributed by atoms with Crippen molar-refractivity contribution in [2.45, 2.75) is 51.3 Å². The zero-order valence-electron chi connectivity index (χ0n) is 13.2. The first kappa shape index (κ1) is 16.3. The first-order valence-corrected chi connectivity index (χ1v) is 8.50. The molecule has 0 amide bonds. The molecule has 1 aliphatic rings. The summed E-state index contributed by atoms with van der Waals surface area (Å²) in [6.45, 7) is 6.65. The Morgan fingerprint density at radius 3 is 2.86 bits per heavy atom. The SMILES string of the molecule is CC(C)[C@@H]1CC[C@@H](C)C[C@@H]1OC(=O)CSc1nnnn1C. The van der Waals surface area contributed by atoms with Crippen LogP contribution < -0.4 is 0 Å². The summed E-state index contributed by atoms with van der Waals surface area (Å²) < 4.78 is 7.29. The van der Waals surface area contributed by atoms with Gasteiger partial charge < -0.3 is 4.74 Å². The van der Waals surface area contributed by atoms with E-state index in [9.17, 15) is 4.79 Å². The topological polar surface area (TPSA) is 69.9 Å². The van der Waals surface area contributed by atoms with Gasteiger partial charge in [-0.2, -0.15) is 0 Å². The van der Waals surface area contributed by atoms with Crippen LogP contribution >= 0.6 is 11.8 Å². The zero-order valence-corrected chi connectivity index (χ0v) is 14.0. The van der Waals surface area contributed by atoms with Crippen molar-refractivity contribution in [2.75, 3.05) is 5.75 Å². The summed E-state index contributed by atoms with van der Waals surface area (Å²) in [6, 6.07) is 0. The van der Waals surface area contributed by atoms with E-state index in [0.717, 1.165) is 12.8 Å². The minimum absolute atomic E-state index is 0.0551. The molecule has 0 unspecified atom stereocenters. The van der Waals surface area contributed by atoms with Gasteiger partial charge in [0.25, 0.3) is 0 Å². The van der Waals surface area contributed by atoms with Crippen molar-refractivity contribution in [3.05, 3.63) is 0 Å². The number of ether oxygens (including phenoxy) is 1. The normalized spacial score (nSPS) is 26.0. The number of aromatic nitrogens is 4. The van der Waals surface area contributed by atoms with E-state index in [4.69, 9.17) is 4.74 Å². The first-order valence-electron chi connectivity index (χ1n) is 7.52. The largest absolute Gasteiger partial charge is 0.461 e. The van der Waals surface area contributed by atoms with E-state index >= 15 is 0 Å². The molecule has 0 spiro atoms. The lowest BCUT2D eigenvalue weighted by Crippen LogP contribution is -2.36. The van der Waals surface area contributed by atoms with E-state index in [-0.39, 0.29) is 17.8 Å². The predicted molar refractivity (Wildman–Crippen MR) is 80.7 cm³/mol. The van der Waals surface area contributed by atoms with Crippen LogP contribution in [0.25, 0.3) is 0 Å². The Labute approximate surface area is 130 Å². The van der Waals surface area contributed by atoms with Crippen LogP contribution in [0.5, 0.6) is 0 Å². The second kappa shape index (κ2) is 7.24. The molecule has 1 heterocycles. The highest BCUT2D eigenvalue weighted by Crippen LogP contribution is 2.35. The summed E-state index contributed by atoms with van der Waals surface area (Å²) in [4.78, 5) is 12.1. The maximum Gasteiger partial charge on any atom is 0.316 e. The van der Waals surface area contributed by atoms with Gasteiger partial charge in [0.2, 0.25) is 5.16 Å². The number of hydrogen-bond acceptors (Lipinski definition) is 6. The Kier molecular flexibility index (Phi) is 5.61. The average molecular weight is 312 g/mol. The molecular formula is C14H24N4O2S. The summed E-state index contributed by atoms with van der Waals surface area (Å²) >= 11 is 1.31. The van der Waals surface area contributed by atoms with Crippen molar-refractivity contribution < 1.29 is 9.53 Å². The van der Waals surface area contributed by atoms with E-state index in [2.05, 4.69) is 36.3 Å². The molecule has 1 aromatic rings. The lowest BCUT2D eigenvalue weighted by Gasteiger charge is -2.36.